The molecule has 132 valence electrons. The number of rotatable bonds is 6. The van der Waals surface area contributed by atoms with Crippen molar-refractivity contribution < 1.29 is 9.66 Å². The molecule has 0 amide bonds. The van der Waals surface area contributed by atoms with Crippen LogP contribution in [-0.2, 0) is 11.2 Å². The van der Waals surface area contributed by atoms with Crippen molar-refractivity contribution in [2.75, 3.05) is 24.6 Å². The third-order valence-electron chi connectivity index (χ3n) is 4.62. The van der Waals surface area contributed by atoms with Gasteiger partial charge in [0.2, 0.25) is 0 Å². The van der Waals surface area contributed by atoms with Crippen molar-refractivity contribution in [1.29, 1.82) is 0 Å². The number of aryl methyl sites for hydroxylation is 1. The highest BCUT2D eigenvalue weighted by Crippen LogP contribution is 2.24. The number of aromatic nitrogens is 1. The predicted molar refractivity (Wildman–Crippen MR) is 97.0 cm³/mol. The van der Waals surface area contributed by atoms with E-state index in [0.29, 0.717) is 5.56 Å². The average molecular weight is 341 g/mol. The van der Waals surface area contributed by atoms with Crippen molar-refractivity contribution in [2.24, 2.45) is 0 Å². The number of nitro groups is 1. The lowest BCUT2D eigenvalue weighted by Gasteiger charge is -2.32. The van der Waals surface area contributed by atoms with Crippen LogP contribution in [-0.4, -0.2) is 35.7 Å². The highest BCUT2D eigenvalue weighted by molar-refractivity contribution is 5.48. The zero-order valence-electron chi connectivity index (χ0n) is 14.4. The number of nitrogens with zero attached hydrogens (tertiary/aromatic N) is 3. The summed E-state index contributed by atoms with van der Waals surface area (Å²) in [5, 5.41) is 10.9. The van der Waals surface area contributed by atoms with Gasteiger partial charge in [0.1, 0.15) is 12.0 Å². The lowest BCUT2D eigenvalue weighted by atomic mass is 10.1. The highest BCUT2D eigenvalue weighted by Gasteiger charge is 2.22. The zero-order valence-corrected chi connectivity index (χ0v) is 14.4. The fourth-order valence-electron chi connectivity index (χ4n) is 3.14. The maximum atomic E-state index is 10.9. The van der Waals surface area contributed by atoms with E-state index in [-0.39, 0.29) is 16.7 Å². The van der Waals surface area contributed by atoms with Crippen LogP contribution < -0.4 is 4.90 Å². The Hall–Kier alpha value is -2.47. The van der Waals surface area contributed by atoms with Crippen molar-refractivity contribution in [2.45, 2.75) is 32.3 Å². The minimum atomic E-state index is -0.390. The minimum Gasteiger partial charge on any atom is -0.378 e. The molecule has 6 heteroatoms. The molecule has 1 aliphatic heterocycles. The molecule has 0 radical (unpaired) electrons. The highest BCUT2D eigenvalue weighted by atomic mass is 16.6. The predicted octanol–water partition coefficient (Wildman–Crippen LogP) is 3.53. The molecule has 0 atom stereocenters. The van der Waals surface area contributed by atoms with Crippen molar-refractivity contribution in [3.8, 4) is 0 Å². The van der Waals surface area contributed by atoms with E-state index in [0.717, 1.165) is 44.8 Å². The fraction of sp³-hybridized carbons (Fsp3) is 0.421. The van der Waals surface area contributed by atoms with E-state index < -0.39 is 0 Å². The van der Waals surface area contributed by atoms with Gasteiger partial charge in [0.05, 0.1) is 17.6 Å². The number of benzene rings is 1. The first-order valence-corrected chi connectivity index (χ1v) is 8.65. The molecule has 1 aromatic heterocycles. The van der Waals surface area contributed by atoms with E-state index in [1.807, 2.05) is 18.2 Å². The molecule has 0 unspecified atom stereocenters. The summed E-state index contributed by atoms with van der Waals surface area (Å²) in [5.41, 5.74) is 2.02. The molecule has 0 spiro atoms. The first kappa shape index (κ1) is 17.4. The third-order valence-corrected chi connectivity index (χ3v) is 4.62. The molecule has 1 aliphatic rings. The molecule has 0 bridgehead atoms. The molecule has 25 heavy (non-hydrogen) atoms. The Kier molecular flexibility index (Phi) is 5.60. The van der Waals surface area contributed by atoms with Gasteiger partial charge in [-0.25, -0.2) is 4.98 Å². The van der Waals surface area contributed by atoms with E-state index in [2.05, 4.69) is 22.0 Å². The maximum absolute atomic E-state index is 10.9. The molecule has 6 nitrogen and oxygen atoms in total. The van der Waals surface area contributed by atoms with Crippen LogP contribution in [0.5, 0.6) is 0 Å². The Morgan fingerprint density at radius 1 is 1.28 bits per heavy atom. The number of hydrogen-bond donors (Lipinski definition) is 0. The molecule has 2 heterocycles. The SMILES string of the molecule is Cc1cc(N2CCC(OCCc3ccccc3)CC2)ncc1[N+](=O)[O-]. The van der Waals surface area contributed by atoms with Crippen LogP contribution >= 0.6 is 0 Å². The molecule has 1 saturated heterocycles. The summed E-state index contributed by atoms with van der Waals surface area (Å²) in [6, 6.07) is 12.2. The smallest absolute Gasteiger partial charge is 0.290 e. The Labute approximate surface area is 147 Å². The van der Waals surface area contributed by atoms with Crippen molar-refractivity contribution in [1.82, 2.24) is 4.98 Å². The normalized spacial score (nSPS) is 15.3. The second kappa shape index (κ2) is 8.07. The van der Waals surface area contributed by atoms with E-state index in [1.165, 1.54) is 11.8 Å². The minimum absolute atomic E-state index is 0.0721. The van der Waals surface area contributed by atoms with Gasteiger partial charge in [-0.1, -0.05) is 30.3 Å². The standard InChI is InChI=1S/C19H23N3O3/c1-15-13-19(20-14-18(15)22(23)24)21-10-7-17(8-11-21)25-12-9-16-5-3-2-4-6-16/h2-6,13-14,17H,7-12H2,1H3. The quantitative estimate of drug-likeness (QED) is 0.594. The molecule has 1 fully saturated rings. The van der Waals surface area contributed by atoms with Gasteiger partial charge in [-0.2, -0.15) is 0 Å². The molecular weight excluding hydrogens is 318 g/mol. The van der Waals surface area contributed by atoms with Gasteiger partial charge in [-0.3, -0.25) is 10.1 Å². The van der Waals surface area contributed by atoms with Crippen LogP contribution in [0.1, 0.15) is 24.0 Å². The van der Waals surface area contributed by atoms with Gasteiger partial charge in [0.15, 0.2) is 0 Å². The van der Waals surface area contributed by atoms with Gasteiger partial charge in [0.25, 0.3) is 5.69 Å². The molecule has 1 aromatic carbocycles. The van der Waals surface area contributed by atoms with Crippen LogP contribution in [0.25, 0.3) is 0 Å². The average Bonchev–Trinajstić information content (AvgIpc) is 2.63. The van der Waals surface area contributed by atoms with Gasteiger partial charge in [-0.15, -0.1) is 0 Å². The lowest BCUT2D eigenvalue weighted by Crippen LogP contribution is -2.37. The van der Waals surface area contributed by atoms with E-state index in [1.54, 1.807) is 13.0 Å². The summed E-state index contributed by atoms with van der Waals surface area (Å²) >= 11 is 0. The number of hydrogen-bond acceptors (Lipinski definition) is 5. The molecule has 0 saturated carbocycles. The topological polar surface area (TPSA) is 68.5 Å². The second-order valence-corrected chi connectivity index (χ2v) is 6.38. The zero-order chi connectivity index (χ0) is 17.6. The summed E-state index contributed by atoms with van der Waals surface area (Å²) in [5.74, 6) is 0.811. The Morgan fingerprint density at radius 2 is 2.00 bits per heavy atom. The second-order valence-electron chi connectivity index (χ2n) is 6.38. The summed E-state index contributed by atoms with van der Waals surface area (Å²) in [6.45, 7) is 4.22. The van der Waals surface area contributed by atoms with Crippen LogP contribution in [0.4, 0.5) is 11.5 Å². The van der Waals surface area contributed by atoms with Crippen LogP contribution in [0.15, 0.2) is 42.6 Å². The summed E-state index contributed by atoms with van der Waals surface area (Å²) in [4.78, 5) is 16.9. The molecule has 3 rings (SSSR count). The van der Waals surface area contributed by atoms with Gasteiger partial charge in [0, 0.05) is 18.7 Å². The largest absolute Gasteiger partial charge is 0.378 e. The van der Waals surface area contributed by atoms with E-state index >= 15 is 0 Å². The lowest BCUT2D eigenvalue weighted by molar-refractivity contribution is -0.385. The van der Waals surface area contributed by atoms with Crippen LogP contribution in [0, 0.1) is 17.0 Å². The molecule has 0 aliphatic carbocycles. The van der Waals surface area contributed by atoms with Crippen molar-refractivity contribution in [3.63, 3.8) is 0 Å². The summed E-state index contributed by atoms with van der Waals surface area (Å²) in [6.07, 6.45) is 4.47. The van der Waals surface area contributed by atoms with Crippen LogP contribution in [0.2, 0.25) is 0 Å². The number of pyridine rings is 1. The van der Waals surface area contributed by atoms with E-state index in [9.17, 15) is 10.1 Å². The first-order valence-electron chi connectivity index (χ1n) is 8.65. The Morgan fingerprint density at radius 3 is 2.64 bits per heavy atom. The number of ether oxygens (including phenoxy) is 1. The molecular formula is C19H23N3O3. The number of piperidine rings is 1. The maximum Gasteiger partial charge on any atom is 0.290 e. The number of anilines is 1. The molecule has 2 aromatic rings. The third kappa shape index (κ3) is 4.54. The van der Waals surface area contributed by atoms with E-state index in [4.69, 9.17) is 4.74 Å². The van der Waals surface area contributed by atoms with Gasteiger partial charge in [-0.05, 0) is 37.8 Å². The van der Waals surface area contributed by atoms with Crippen molar-refractivity contribution >= 4 is 11.5 Å². The van der Waals surface area contributed by atoms with Crippen molar-refractivity contribution in [3.05, 3.63) is 63.8 Å². The van der Waals surface area contributed by atoms with Gasteiger partial charge < -0.3 is 9.64 Å². The Bertz CT molecular complexity index is 713. The monoisotopic (exact) mass is 341 g/mol. The summed E-state index contributed by atoms with van der Waals surface area (Å²) in [7, 11) is 0. The van der Waals surface area contributed by atoms with Gasteiger partial charge >= 0.3 is 0 Å². The Balaban J connectivity index is 1.47. The first-order chi connectivity index (χ1) is 12.1. The summed E-state index contributed by atoms with van der Waals surface area (Å²) < 4.78 is 6.01. The van der Waals surface area contributed by atoms with Crippen LogP contribution in [0.3, 0.4) is 0 Å². The molecule has 0 N–H and O–H groups in total. The fourth-order valence-corrected chi connectivity index (χ4v) is 3.14.